The van der Waals surface area contributed by atoms with Crippen LogP contribution in [0.3, 0.4) is 0 Å². The standard InChI is InChI=1S/C18H36O2/c1-4-5-6-11-14-17(2)15-12-9-7-8-10-13-16-18(19)20-3/h17H,4-16H2,1-3H3. The van der Waals surface area contributed by atoms with Gasteiger partial charge in [-0.25, -0.2) is 0 Å². The fourth-order valence-electron chi connectivity index (χ4n) is 2.64. The van der Waals surface area contributed by atoms with Gasteiger partial charge in [-0.3, -0.25) is 4.79 Å². The van der Waals surface area contributed by atoms with E-state index in [1.165, 1.54) is 77.7 Å². The van der Waals surface area contributed by atoms with E-state index in [2.05, 4.69) is 18.6 Å². The van der Waals surface area contributed by atoms with Gasteiger partial charge in [-0.1, -0.05) is 84.5 Å². The Morgan fingerprint density at radius 2 is 1.35 bits per heavy atom. The maximum atomic E-state index is 10.9. The molecule has 0 aromatic carbocycles. The fraction of sp³-hybridized carbons (Fsp3) is 0.944. The molecule has 1 atom stereocenters. The Kier molecular flexibility index (Phi) is 14.5. The summed E-state index contributed by atoms with van der Waals surface area (Å²) in [4.78, 5) is 10.9. The number of carbonyl (C=O) groups excluding carboxylic acids is 1. The lowest BCUT2D eigenvalue weighted by Gasteiger charge is -2.10. The molecule has 2 heteroatoms. The molecule has 20 heavy (non-hydrogen) atoms. The zero-order valence-corrected chi connectivity index (χ0v) is 14.1. The molecule has 0 spiro atoms. The van der Waals surface area contributed by atoms with Crippen LogP contribution in [0.4, 0.5) is 0 Å². The molecule has 120 valence electrons. The van der Waals surface area contributed by atoms with Crippen molar-refractivity contribution >= 4 is 5.97 Å². The highest BCUT2D eigenvalue weighted by Gasteiger charge is 2.02. The predicted octanol–water partition coefficient (Wildman–Crippen LogP) is 5.89. The number of methoxy groups -OCH3 is 1. The fourth-order valence-corrected chi connectivity index (χ4v) is 2.64. The van der Waals surface area contributed by atoms with Crippen LogP contribution in [0.5, 0.6) is 0 Å². The molecule has 2 nitrogen and oxygen atoms in total. The van der Waals surface area contributed by atoms with E-state index in [1.807, 2.05) is 0 Å². The van der Waals surface area contributed by atoms with Gasteiger partial charge in [-0.2, -0.15) is 0 Å². The van der Waals surface area contributed by atoms with Crippen molar-refractivity contribution in [2.75, 3.05) is 7.11 Å². The summed E-state index contributed by atoms with van der Waals surface area (Å²) in [6.07, 6.45) is 16.5. The van der Waals surface area contributed by atoms with Crippen LogP contribution in [0.25, 0.3) is 0 Å². The summed E-state index contributed by atoms with van der Waals surface area (Å²) in [7, 11) is 1.46. The van der Waals surface area contributed by atoms with Crippen molar-refractivity contribution in [1.82, 2.24) is 0 Å². The number of hydrogen-bond acceptors (Lipinski definition) is 2. The second-order valence-electron chi connectivity index (χ2n) is 6.19. The number of hydrogen-bond donors (Lipinski definition) is 0. The molecule has 0 saturated carbocycles. The van der Waals surface area contributed by atoms with Crippen molar-refractivity contribution in [3.05, 3.63) is 0 Å². The summed E-state index contributed by atoms with van der Waals surface area (Å²) in [6, 6.07) is 0. The van der Waals surface area contributed by atoms with E-state index in [0.717, 1.165) is 12.3 Å². The summed E-state index contributed by atoms with van der Waals surface area (Å²) >= 11 is 0. The summed E-state index contributed by atoms with van der Waals surface area (Å²) in [5, 5.41) is 0. The molecule has 0 N–H and O–H groups in total. The van der Waals surface area contributed by atoms with Gasteiger partial charge in [0.1, 0.15) is 0 Å². The number of carbonyl (C=O) groups is 1. The Bertz CT molecular complexity index is 213. The van der Waals surface area contributed by atoms with Crippen LogP contribution < -0.4 is 0 Å². The lowest BCUT2D eigenvalue weighted by Crippen LogP contribution is -1.99. The second-order valence-corrected chi connectivity index (χ2v) is 6.19. The third kappa shape index (κ3) is 13.9. The van der Waals surface area contributed by atoms with E-state index >= 15 is 0 Å². The molecule has 0 fully saturated rings. The van der Waals surface area contributed by atoms with Crippen molar-refractivity contribution in [3.63, 3.8) is 0 Å². The molecular formula is C18H36O2. The zero-order valence-electron chi connectivity index (χ0n) is 14.1. The van der Waals surface area contributed by atoms with Crippen LogP contribution in [0.2, 0.25) is 0 Å². The second kappa shape index (κ2) is 14.9. The van der Waals surface area contributed by atoms with Gasteiger partial charge >= 0.3 is 5.97 Å². The first kappa shape index (κ1) is 19.5. The molecule has 0 aliphatic carbocycles. The van der Waals surface area contributed by atoms with Crippen LogP contribution >= 0.6 is 0 Å². The summed E-state index contributed by atoms with van der Waals surface area (Å²) in [5.74, 6) is 0.841. The van der Waals surface area contributed by atoms with Crippen LogP contribution in [-0.4, -0.2) is 13.1 Å². The molecule has 0 aliphatic rings. The van der Waals surface area contributed by atoms with Crippen LogP contribution in [0.1, 0.15) is 97.3 Å². The number of rotatable bonds is 14. The Balaban J connectivity index is 3.17. The minimum absolute atomic E-state index is 0.0677. The van der Waals surface area contributed by atoms with Crippen LogP contribution in [0, 0.1) is 5.92 Å². The Labute approximate surface area is 126 Å². The van der Waals surface area contributed by atoms with Crippen LogP contribution in [-0.2, 0) is 9.53 Å². The third-order valence-electron chi connectivity index (χ3n) is 4.11. The van der Waals surface area contributed by atoms with Gasteiger partial charge in [0.05, 0.1) is 7.11 Å². The van der Waals surface area contributed by atoms with Gasteiger partial charge in [0.2, 0.25) is 0 Å². The SMILES string of the molecule is CCCCCCC(C)CCCCCCCCC(=O)OC. The average Bonchev–Trinajstić information content (AvgIpc) is 2.46. The first-order valence-electron chi connectivity index (χ1n) is 8.77. The van der Waals surface area contributed by atoms with Crippen molar-refractivity contribution in [3.8, 4) is 0 Å². The first-order chi connectivity index (χ1) is 9.70. The molecule has 0 radical (unpaired) electrons. The highest BCUT2D eigenvalue weighted by atomic mass is 16.5. The van der Waals surface area contributed by atoms with E-state index < -0.39 is 0 Å². The van der Waals surface area contributed by atoms with Crippen molar-refractivity contribution in [2.24, 2.45) is 5.92 Å². The minimum Gasteiger partial charge on any atom is -0.469 e. The Morgan fingerprint density at radius 1 is 0.850 bits per heavy atom. The maximum Gasteiger partial charge on any atom is 0.305 e. The molecular weight excluding hydrogens is 248 g/mol. The molecule has 0 amide bonds. The lowest BCUT2D eigenvalue weighted by atomic mass is 9.96. The van der Waals surface area contributed by atoms with Gasteiger partial charge in [0, 0.05) is 6.42 Å². The van der Waals surface area contributed by atoms with E-state index in [9.17, 15) is 4.79 Å². The largest absolute Gasteiger partial charge is 0.469 e. The topological polar surface area (TPSA) is 26.3 Å². The molecule has 0 heterocycles. The smallest absolute Gasteiger partial charge is 0.305 e. The molecule has 0 saturated heterocycles. The van der Waals surface area contributed by atoms with Gasteiger partial charge in [0.25, 0.3) is 0 Å². The number of ether oxygens (including phenoxy) is 1. The lowest BCUT2D eigenvalue weighted by molar-refractivity contribution is -0.140. The number of unbranched alkanes of at least 4 members (excludes halogenated alkanes) is 8. The summed E-state index contributed by atoms with van der Waals surface area (Å²) < 4.78 is 4.63. The summed E-state index contributed by atoms with van der Waals surface area (Å²) in [5.41, 5.74) is 0. The van der Waals surface area contributed by atoms with Crippen molar-refractivity contribution in [2.45, 2.75) is 97.3 Å². The van der Waals surface area contributed by atoms with Gasteiger partial charge in [-0.05, 0) is 12.3 Å². The molecule has 0 bridgehead atoms. The Hall–Kier alpha value is -0.530. The van der Waals surface area contributed by atoms with Crippen molar-refractivity contribution in [1.29, 1.82) is 0 Å². The highest BCUT2D eigenvalue weighted by molar-refractivity contribution is 5.68. The summed E-state index contributed by atoms with van der Waals surface area (Å²) in [6.45, 7) is 4.68. The predicted molar refractivity (Wildman–Crippen MR) is 86.9 cm³/mol. The van der Waals surface area contributed by atoms with E-state index in [1.54, 1.807) is 0 Å². The molecule has 0 aliphatic heterocycles. The minimum atomic E-state index is -0.0677. The maximum absolute atomic E-state index is 10.9. The third-order valence-corrected chi connectivity index (χ3v) is 4.11. The van der Waals surface area contributed by atoms with Gasteiger partial charge in [-0.15, -0.1) is 0 Å². The highest BCUT2D eigenvalue weighted by Crippen LogP contribution is 2.18. The van der Waals surface area contributed by atoms with Gasteiger partial charge in [0.15, 0.2) is 0 Å². The molecule has 0 aromatic rings. The van der Waals surface area contributed by atoms with Gasteiger partial charge < -0.3 is 4.74 Å². The number of esters is 1. The monoisotopic (exact) mass is 284 g/mol. The zero-order chi connectivity index (χ0) is 15.1. The van der Waals surface area contributed by atoms with E-state index in [4.69, 9.17) is 0 Å². The first-order valence-corrected chi connectivity index (χ1v) is 8.77. The molecule has 0 rings (SSSR count). The average molecular weight is 284 g/mol. The Morgan fingerprint density at radius 3 is 1.90 bits per heavy atom. The van der Waals surface area contributed by atoms with E-state index in [0.29, 0.717) is 6.42 Å². The quantitative estimate of drug-likeness (QED) is 0.294. The molecule has 1 unspecified atom stereocenters. The molecule has 0 aromatic heterocycles. The normalized spacial score (nSPS) is 12.3. The van der Waals surface area contributed by atoms with Crippen molar-refractivity contribution < 1.29 is 9.53 Å². The van der Waals surface area contributed by atoms with Crippen LogP contribution in [0.15, 0.2) is 0 Å². The van der Waals surface area contributed by atoms with E-state index in [-0.39, 0.29) is 5.97 Å².